The van der Waals surface area contributed by atoms with Crippen molar-refractivity contribution in [2.45, 2.75) is 52.2 Å². The second-order valence-electron chi connectivity index (χ2n) is 4.86. The van der Waals surface area contributed by atoms with Crippen LogP contribution in [0.2, 0.25) is 4.34 Å². The minimum Gasteiger partial charge on any atom is -0.371 e. The van der Waals surface area contributed by atoms with Gasteiger partial charge in [-0.3, -0.25) is 0 Å². The van der Waals surface area contributed by atoms with Crippen molar-refractivity contribution in [2.24, 2.45) is 11.7 Å². The monoisotopic (exact) mass is 289 g/mol. The van der Waals surface area contributed by atoms with E-state index in [1.54, 1.807) is 11.3 Å². The number of nitrogens with two attached hydrogens (primary N) is 1. The van der Waals surface area contributed by atoms with Crippen molar-refractivity contribution < 1.29 is 4.74 Å². The molecule has 1 heterocycles. The number of thiophene rings is 1. The van der Waals surface area contributed by atoms with E-state index in [-0.39, 0.29) is 12.1 Å². The van der Waals surface area contributed by atoms with Crippen molar-refractivity contribution >= 4 is 22.9 Å². The third-order valence-corrected chi connectivity index (χ3v) is 4.37. The molecule has 18 heavy (non-hydrogen) atoms. The third-order valence-electron chi connectivity index (χ3n) is 3.08. The van der Waals surface area contributed by atoms with Crippen LogP contribution in [0, 0.1) is 5.92 Å². The molecule has 1 aromatic heterocycles. The number of hydrogen-bond donors (Lipinski definition) is 1. The molecule has 104 valence electrons. The molecule has 0 fully saturated rings. The Morgan fingerprint density at radius 3 is 2.61 bits per heavy atom. The van der Waals surface area contributed by atoms with Gasteiger partial charge in [0.1, 0.15) is 6.10 Å². The van der Waals surface area contributed by atoms with Crippen molar-refractivity contribution in [3.8, 4) is 0 Å². The van der Waals surface area contributed by atoms with Gasteiger partial charge in [-0.25, -0.2) is 0 Å². The highest BCUT2D eigenvalue weighted by atomic mass is 35.5. The van der Waals surface area contributed by atoms with Crippen molar-refractivity contribution in [3.63, 3.8) is 0 Å². The molecule has 2 nitrogen and oxygen atoms in total. The van der Waals surface area contributed by atoms with E-state index < -0.39 is 0 Å². The van der Waals surface area contributed by atoms with E-state index in [2.05, 4.69) is 20.8 Å². The van der Waals surface area contributed by atoms with Gasteiger partial charge in [0.25, 0.3) is 0 Å². The van der Waals surface area contributed by atoms with Crippen LogP contribution in [0.1, 0.15) is 51.0 Å². The summed E-state index contributed by atoms with van der Waals surface area (Å²) in [5.41, 5.74) is 6.16. The van der Waals surface area contributed by atoms with E-state index in [1.165, 1.54) is 12.8 Å². The predicted octanol–water partition coefficient (Wildman–Crippen LogP) is 4.63. The lowest BCUT2D eigenvalue weighted by Crippen LogP contribution is -2.30. The molecule has 0 saturated heterocycles. The van der Waals surface area contributed by atoms with E-state index in [0.29, 0.717) is 5.92 Å². The van der Waals surface area contributed by atoms with Gasteiger partial charge in [0.05, 0.1) is 10.9 Å². The van der Waals surface area contributed by atoms with Crippen LogP contribution < -0.4 is 5.73 Å². The molecule has 0 amide bonds. The van der Waals surface area contributed by atoms with Gasteiger partial charge < -0.3 is 10.5 Å². The fourth-order valence-electron chi connectivity index (χ4n) is 1.96. The average Bonchev–Trinajstić information content (AvgIpc) is 2.76. The zero-order chi connectivity index (χ0) is 13.5. The van der Waals surface area contributed by atoms with Crippen LogP contribution in [-0.4, -0.2) is 12.6 Å². The molecular weight excluding hydrogens is 266 g/mol. The van der Waals surface area contributed by atoms with Gasteiger partial charge in [-0.1, -0.05) is 38.8 Å². The Morgan fingerprint density at radius 1 is 1.39 bits per heavy atom. The highest BCUT2D eigenvalue weighted by molar-refractivity contribution is 7.16. The summed E-state index contributed by atoms with van der Waals surface area (Å²) in [6, 6.07) is 3.97. The van der Waals surface area contributed by atoms with Crippen molar-refractivity contribution in [3.05, 3.63) is 21.3 Å². The Morgan fingerprint density at radius 2 is 2.11 bits per heavy atom. The van der Waals surface area contributed by atoms with Gasteiger partial charge in [-0.05, 0) is 30.9 Å². The lowest BCUT2D eigenvalue weighted by atomic mass is 10.1. The molecular formula is C14H24ClNOS. The quantitative estimate of drug-likeness (QED) is 0.757. The van der Waals surface area contributed by atoms with Crippen molar-refractivity contribution in [1.29, 1.82) is 0 Å². The van der Waals surface area contributed by atoms with E-state index >= 15 is 0 Å². The van der Waals surface area contributed by atoms with Gasteiger partial charge in [-0.15, -0.1) is 11.3 Å². The summed E-state index contributed by atoms with van der Waals surface area (Å²) in [5, 5.41) is 0. The Kier molecular flexibility index (Phi) is 7.23. The van der Waals surface area contributed by atoms with Gasteiger partial charge in [0, 0.05) is 10.9 Å². The second-order valence-corrected chi connectivity index (χ2v) is 6.61. The first kappa shape index (κ1) is 16.0. The summed E-state index contributed by atoms with van der Waals surface area (Å²) in [5.74, 6) is 0.581. The van der Waals surface area contributed by atoms with Crippen LogP contribution in [0.3, 0.4) is 0 Å². The summed E-state index contributed by atoms with van der Waals surface area (Å²) < 4.78 is 6.83. The Hall–Kier alpha value is -0.0900. The van der Waals surface area contributed by atoms with Crippen LogP contribution in [0.5, 0.6) is 0 Å². The summed E-state index contributed by atoms with van der Waals surface area (Å²) in [6.07, 6.45) is 3.27. The SMILES string of the molecule is CCCC(C)COC(c1ccc(Cl)s1)C(N)CC. The third kappa shape index (κ3) is 4.88. The summed E-state index contributed by atoms with van der Waals surface area (Å²) in [7, 11) is 0. The molecule has 0 aliphatic carbocycles. The van der Waals surface area contributed by atoms with Gasteiger partial charge in [0.15, 0.2) is 0 Å². The number of ether oxygens (including phenoxy) is 1. The lowest BCUT2D eigenvalue weighted by molar-refractivity contribution is 0.0153. The summed E-state index contributed by atoms with van der Waals surface area (Å²) in [6.45, 7) is 7.28. The van der Waals surface area contributed by atoms with Crippen LogP contribution in [0.25, 0.3) is 0 Å². The molecule has 3 atom stereocenters. The Balaban J connectivity index is 2.62. The molecule has 2 N–H and O–H groups in total. The average molecular weight is 290 g/mol. The lowest BCUT2D eigenvalue weighted by Gasteiger charge is -2.24. The number of rotatable bonds is 8. The molecule has 0 saturated carbocycles. The zero-order valence-electron chi connectivity index (χ0n) is 11.5. The van der Waals surface area contributed by atoms with Crippen LogP contribution >= 0.6 is 22.9 Å². The molecule has 0 aliphatic rings. The standard InChI is InChI=1S/C14H24ClNOS/c1-4-6-10(3)9-17-14(11(16)5-2)12-7-8-13(15)18-12/h7-8,10-11,14H,4-6,9,16H2,1-3H3. The van der Waals surface area contributed by atoms with Crippen LogP contribution in [0.15, 0.2) is 12.1 Å². The highest BCUT2D eigenvalue weighted by Gasteiger charge is 2.21. The van der Waals surface area contributed by atoms with Crippen molar-refractivity contribution in [2.75, 3.05) is 6.61 Å². The molecule has 1 aromatic rings. The second kappa shape index (κ2) is 8.16. The molecule has 1 rings (SSSR count). The van der Waals surface area contributed by atoms with E-state index in [0.717, 1.165) is 22.2 Å². The zero-order valence-corrected chi connectivity index (χ0v) is 13.1. The van der Waals surface area contributed by atoms with Gasteiger partial charge in [0.2, 0.25) is 0 Å². The fourth-order valence-corrected chi connectivity index (χ4v) is 3.14. The molecule has 0 bridgehead atoms. The molecule has 0 spiro atoms. The minimum atomic E-state index is -0.0215. The molecule has 0 aromatic carbocycles. The molecule has 4 heteroatoms. The highest BCUT2D eigenvalue weighted by Crippen LogP contribution is 2.32. The predicted molar refractivity (Wildman–Crippen MR) is 80.4 cm³/mol. The maximum atomic E-state index is 6.16. The Bertz CT molecular complexity index is 342. The first-order chi connectivity index (χ1) is 8.58. The number of hydrogen-bond acceptors (Lipinski definition) is 3. The molecule has 3 unspecified atom stereocenters. The van der Waals surface area contributed by atoms with Gasteiger partial charge in [-0.2, -0.15) is 0 Å². The summed E-state index contributed by atoms with van der Waals surface area (Å²) in [4.78, 5) is 1.14. The fraction of sp³-hybridized carbons (Fsp3) is 0.714. The molecule has 0 radical (unpaired) electrons. The Labute approximate surface area is 119 Å². The van der Waals surface area contributed by atoms with Crippen molar-refractivity contribution in [1.82, 2.24) is 0 Å². The normalized spacial score (nSPS) is 16.5. The number of halogens is 1. The van der Waals surface area contributed by atoms with Gasteiger partial charge >= 0.3 is 0 Å². The van der Waals surface area contributed by atoms with E-state index in [1.807, 2.05) is 12.1 Å². The smallest absolute Gasteiger partial charge is 0.107 e. The first-order valence-corrected chi connectivity index (χ1v) is 7.90. The first-order valence-electron chi connectivity index (χ1n) is 6.70. The topological polar surface area (TPSA) is 35.2 Å². The maximum absolute atomic E-state index is 6.16. The molecule has 0 aliphatic heterocycles. The van der Waals surface area contributed by atoms with E-state index in [9.17, 15) is 0 Å². The minimum absolute atomic E-state index is 0.0215. The largest absolute Gasteiger partial charge is 0.371 e. The summed E-state index contributed by atoms with van der Waals surface area (Å²) >= 11 is 7.55. The van der Waals surface area contributed by atoms with Crippen LogP contribution in [0.4, 0.5) is 0 Å². The van der Waals surface area contributed by atoms with Crippen LogP contribution in [-0.2, 0) is 4.74 Å². The van der Waals surface area contributed by atoms with E-state index in [4.69, 9.17) is 22.1 Å². The maximum Gasteiger partial charge on any atom is 0.107 e.